The van der Waals surface area contributed by atoms with E-state index in [1.54, 1.807) is 12.3 Å². The maximum absolute atomic E-state index is 12.0. The third-order valence-electron chi connectivity index (χ3n) is 6.15. The van der Waals surface area contributed by atoms with Crippen molar-refractivity contribution in [2.75, 3.05) is 6.54 Å². The van der Waals surface area contributed by atoms with E-state index in [0.717, 1.165) is 44.3 Å². The molecule has 0 atom stereocenters. The lowest BCUT2D eigenvalue weighted by molar-refractivity contribution is 0.0227. The van der Waals surface area contributed by atoms with Crippen LogP contribution in [0, 0.1) is 5.41 Å². The summed E-state index contributed by atoms with van der Waals surface area (Å²) in [6, 6.07) is 1.70. The number of nitrogens with one attached hydrogen (secondary N) is 1. The molecule has 2 bridgehead atoms. The van der Waals surface area contributed by atoms with Gasteiger partial charge < -0.3 is 14.6 Å². The van der Waals surface area contributed by atoms with E-state index in [2.05, 4.69) is 25.4 Å². The Morgan fingerprint density at radius 2 is 1.90 bits per heavy atom. The van der Waals surface area contributed by atoms with Crippen molar-refractivity contribution in [1.82, 2.24) is 25.4 Å². The third kappa shape index (κ3) is 4.22. The van der Waals surface area contributed by atoms with Crippen LogP contribution in [0.1, 0.15) is 65.1 Å². The Morgan fingerprint density at radius 3 is 2.52 bits per heavy atom. The van der Waals surface area contributed by atoms with E-state index < -0.39 is 5.60 Å². The molecule has 0 saturated heterocycles. The number of amides is 1. The molecule has 0 radical (unpaired) electrons. The van der Waals surface area contributed by atoms with Gasteiger partial charge in [0.05, 0.1) is 0 Å². The Labute approximate surface area is 174 Å². The Balaban J connectivity index is 1.41. The van der Waals surface area contributed by atoms with Gasteiger partial charge in [0.2, 0.25) is 5.28 Å². The van der Waals surface area contributed by atoms with Crippen molar-refractivity contribution in [3.8, 4) is 11.6 Å². The molecule has 0 unspecified atom stereocenters. The van der Waals surface area contributed by atoms with Gasteiger partial charge in [-0.3, -0.25) is 0 Å². The highest BCUT2D eigenvalue weighted by Gasteiger charge is 2.51. The van der Waals surface area contributed by atoms with Gasteiger partial charge in [0, 0.05) is 18.2 Å². The highest BCUT2D eigenvalue weighted by molar-refractivity contribution is 6.28. The number of fused-ring (bicyclic) bond motifs is 3. The number of nitrogens with zero attached hydrogens (tertiary/aromatic N) is 4. The molecule has 0 spiro atoms. The van der Waals surface area contributed by atoms with Gasteiger partial charge in [-0.2, -0.15) is 4.98 Å². The van der Waals surface area contributed by atoms with Gasteiger partial charge in [0.15, 0.2) is 5.82 Å². The second kappa shape index (κ2) is 7.23. The van der Waals surface area contributed by atoms with Gasteiger partial charge in [-0.15, -0.1) is 0 Å². The summed E-state index contributed by atoms with van der Waals surface area (Å²) in [6.07, 6.45) is 7.22. The fraction of sp³-hybridized carbons (Fsp3) is 0.650. The molecule has 0 aliphatic heterocycles. The number of rotatable bonds is 4. The van der Waals surface area contributed by atoms with Crippen molar-refractivity contribution < 1.29 is 14.1 Å². The van der Waals surface area contributed by atoms with Crippen molar-refractivity contribution in [2.24, 2.45) is 5.41 Å². The summed E-state index contributed by atoms with van der Waals surface area (Å²) < 4.78 is 10.8. The molecule has 156 valence electrons. The van der Waals surface area contributed by atoms with Crippen LogP contribution in [0.25, 0.3) is 11.6 Å². The summed E-state index contributed by atoms with van der Waals surface area (Å²) in [5, 5.41) is 7.39. The molecule has 1 N–H and O–H groups in total. The smallest absolute Gasteiger partial charge is 0.407 e. The maximum Gasteiger partial charge on any atom is 0.407 e. The average molecular weight is 420 g/mol. The summed E-state index contributed by atoms with van der Waals surface area (Å²) in [5.41, 5.74) is 0.112. The van der Waals surface area contributed by atoms with Crippen molar-refractivity contribution in [3.63, 3.8) is 0 Å². The van der Waals surface area contributed by atoms with E-state index in [4.69, 9.17) is 20.9 Å². The minimum Gasteiger partial charge on any atom is -0.444 e. The summed E-state index contributed by atoms with van der Waals surface area (Å²) in [6.45, 7) is 6.26. The fourth-order valence-corrected chi connectivity index (χ4v) is 4.58. The summed E-state index contributed by atoms with van der Waals surface area (Å²) in [5.74, 6) is 1.11. The average Bonchev–Trinajstić information content (AvgIpc) is 3.18. The summed E-state index contributed by atoms with van der Waals surface area (Å²) in [7, 11) is 0. The summed E-state index contributed by atoms with van der Waals surface area (Å²) in [4.78, 5) is 24.7. The fourth-order valence-electron chi connectivity index (χ4n) is 4.43. The molecular weight excluding hydrogens is 394 g/mol. The number of ether oxygens (including phenoxy) is 1. The topological polar surface area (TPSA) is 103 Å². The number of carbonyl (C=O) groups is 1. The van der Waals surface area contributed by atoms with E-state index in [-0.39, 0.29) is 22.2 Å². The maximum atomic E-state index is 12.0. The molecule has 9 heteroatoms. The largest absolute Gasteiger partial charge is 0.444 e. The normalized spacial score (nSPS) is 26.3. The van der Waals surface area contributed by atoms with E-state index in [1.807, 2.05) is 20.8 Å². The minimum atomic E-state index is -0.486. The summed E-state index contributed by atoms with van der Waals surface area (Å²) >= 11 is 5.86. The molecule has 5 rings (SSSR count). The van der Waals surface area contributed by atoms with E-state index >= 15 is 0 Å². The SMILES string of the molecule is CC(C)(C)OC(=O)NCC12CCC(c3noc(-c4ccnc(Cl)n4)n3)(CC1)CC2. The quantitative estimate of drug-likeness (QED) is 0.737. The van der Waals surface area contributed by atoms with E-state index in [0.29, 0.717) is 18.1 Å². The van der Waals surface area contributed by atoms with Crippen LogP contribution >= 0.6 is 11.6 Å². The highest BCUT2D eigenvalue weighted by atomic mass is 35.5. The van der Waals surface area contributed by atoms with Crippen LogP contribution in [0.5, 0.6) is 0 Å². The van der Waals surface area contributed by atoms with Crippen molar-refractivity contribution in [3.05, 3.63) is 23.4 Å². The van der Waals surface area contributed by atoms with Crippen LogP contribution in [-0.4, -0.2) is 38.3 Å². The van der Waals surface area contributed by atoms with E-state index in [9.17, 15) is 4.79 Å². The second-order valence-corrected chi connectivity index (χ2v) is 9.61. The molecule has 1 amide bonds. The lowest BCUT2D eigenvalue weighted by atomic mass is 9.53. The van der Waals surface area contributed by atoms with Gasteiger partial charge in [-0.1, -0.05) is 5.16 Å². The van der Waals surface area contributed by atoms with E-state index in [1.165, 1.54) is 0 Å². The predicted octanol–water partition coefficient (Wildman–Crippen LogP) is 4.30. The molecule has 2 aromatic heterocycles. The first kappa shape index (κ1) is 20.1. The third-order valence-corrected chi connectivity index (χ3v) is 6.34. The molecule has 0 aromatic carbocycles. The van der Waals surface area contributed by atoms with Crippen LogP contribution in [0.4, 0.5) is 4.79 Å². The molecular formula is C20H26ClN5O3. The molecule has 8 nitrogen and oxygen atoms in total. The van der Waals surface area contributed by atoms with Crippen LogP contribution in [0.15, 0.2) is 16.8 Å². The van der Waals surface area contributed by atoms with Crippen molar-refractivity contribution >= 4 is 17.7 Å². The van der Waals surface area contributed by atoms with Gasteiger partial charge in [0.25, 0.3) is 5.89 Å². The number of alkyl carbamates (subject to hydrolysis) is 1. The Kier molecular flexibility index (Phi) is 5.01. The molecule has 29 heavy (non-hydrogen) atoms. The van der Waals surface area contributed by atoms with Crippen molar-refractivity contribution in [2.45, 2.75) is 70.3 Å². The molecule has 3 aliphatic carbocycles. The lowest BCUT2D eigenvalue weighted by Crippen LogP contribution is -2.50. The Morgan fingerprint density at radius 1 is 1.21 bits per heavy atom. The van der Waals surface area contributed by atoms with Gasteiger partial charge in [-0.25, -0.2) is 14.8 Å². The van der Waals surface area contributed by atoms with Gasteiger partial charge >= 0.3 is 6.09 Å². The highest BCUT2D eigenvalue weighted by Crippen LogP contribution is 2.57. The molecule has 3 saturated carbocycles. The first-order chi connectivity index (χ1) is 13.7. The second-order valence-electron chi connectivity index (χ2n) is 9.27. The standard InChI is InChI=1S/C20H26ClN5O3/c1-18(2,3)28-17(27)23-12-19-5-8-20(9-6-19,10-7-19)15-25-14(29-26-15)13-4-11-22-16(21)24-13/h4,11H,5-10,12H2,1-3H3,(H,23,27). The number of halogens is 1. The minimum absolute atomic E-state index is 0.0633. The van der Waals surface area contributed by atoms with Gasteiger partial charge in [0.1, 0.15) is 11.3 Å². The molecule has 2 aromatic rings. The van der Waals surface area contributed by atoms with Gasteiger partial charge in [-0.05, 0) is 82.4 Å². The Hall–Kier alpha value is -2.22. The zero-order valence-electron chi connectivity index (χ0n) is 17.0. The van der Waals surface area contributed by atoms with Crippen molar-refractivity contribution in [1.29, 1.82) is 0 Å². The number of hydrogen-bond acceptors (Lipinski definition) is 7. The first-order valence-electron chi connectivity index (χ1n) is 9.99. The Bertz CT molecular complexity index is 883. The van der Waals surface area contributed by atoms with Crippen LogP contribution in [0.2, 0.25) is 5.28 Å². The number of carbonyl (C=O) groups excluding carboxylic acids is 1. The first-order valence-corrected chi connectivity index (χ1v) is 10.4. The molecule has 3 fully saturated rings. The zero-order chi connectivity index (χ0) is 20.7. The number of hydrogen-bond donors (Lipinski definition) is 1. The molecule has 3 aliphatic rings. The lowest BCUT2D eigenvalue weighted by Gasteiger charge is -2.52. The monoisotopic (exact) mass is 419 g/mol. The number of aromatic nitrogens is 4. The predicted molar refractivity (Wildman–Crippen MR) is 106 cm³/mol. The van der Waals surface area contributed by atoms with Crippen LogP contribution in [0.3, 0.4) is 0 Å². The molecule has 2 heterocycles. The van der Waals surface area contributed by atoms with Crippen LogP contribution in [-0.2, 0) is 10.2 Å². The zero-order valence-corrected chi connectivity index (χ0v) is 17.8. The van der Waals surface area contributed by atoms with Crippen LogP contribution < -0.4 is 5.32 Å².